The lowest BCUT2D eigenvalue weighted by molar-refractivity contribution is 0.193. The van der Waals surface area contributed by atoms with Crippen molar-refractivity contribution in [3.05, 3.63) is 50.6 Å². The Bertz CT molecular complexity index is 584. The van der Waals surface area contributed by atoms with Crippen molar-refractivity contribution in [3.8, 4) is 5.75 Å². The smallest absolute Gasteiger partial charge is 0.120 e. The molecule has 2 aromatic rings. The molecule has 1 aliphatic heterocycles. The van der Waals surface area contributed by atoms with Gasteiger partial charge in [-0.25, -0.2) is 0 Å². The lowest BCUT2D eigenvalue weighted by atomic mass is 10.1. The number of phenols is 1. The number of hydrogen-bond acceptors (Lipinski definition) is 3. The number of rotatable bonds is 3. The van der Waals surface area contributed by atoms with Crippen LogP contribution in [-0.4, -0.2) is 16.6 Å². The number of phenolic OH excluding ortho intramolecular Hbond substituents is 1. The molecule has 1 fully saturated rings. The zero-order valence-electron chi connectivity index (χ0n) is 12.0. The number of likely N-dealkylation sites (tertiary alicyclic amines) is 1. The van der Waals surface area contributed by atoms with Crippen LogP contribution in [0, 0.1) is 0 Å². The van der Waals surface area contributed by atoms with E-state index in [1.54, 1.807) is 6.07 Å². The van der Waals surface area contributed by atoms with Gasteiger partial charge in [-0.05, 0) is 49.0 Å². The van der Waals surface area contributed by atoms with Crippen LogP contribution in [0.4, 0.5) is 0 Å². The molecular formula is C17H20BrNOS. The molecular weight excluding hydrogens is 346 g/mol. The highest BCUT2D eigenvalue weighted by Crippen LogP contribution is 2.35. The SMILES string of the molecule is Oc1ccc(Br)cc1CN1CCCCCC1c1cccs1. The first-order valence-electron chi connectivity index (χ1n) is 7.49. The van der Waals surface area contributed by atoms with E-state index in [0.717, 1.165) is 23.1 Å². The normalized spacial score (nSPS) is 20.3. The monoisotopic (exact) mass is 365 g/mol. The third kappa shape index (κ3) is 3.68. The minimum absolute atomic E-state index is 0.396. The van der Waals surface area contributed by atoms with E-state index in [-0.39, 0.29) is 0 Å². The molecule has 0 saturated carbocycles. The molecule has 1 unspecified atom stereocenters. The molecule has 1 aromatic carbocycles. The highest BCUT2D eigenvalue weighted by atomic mass is 79.9. The van der Waals surface area contributed by atoms with Crippen LogP contribution in [0.25, 0.3) is 0 Å². The van der Waals surface area contributed by atoms with E-state index in [2.05, 4.69) is 38.3 Å². The van der Waals surface area contributed by atoms with Gasteiger partial charge < -0.3 is 5.11 Å². The van der Waals surface area contributed by atoms with Gasteiger partial charge in [-0.3, -0.25) is 4.90 Å². The van der Waals surface area contributed by atoms with Gasteiger partial charge in [0, 0.05) is 27.5 Å². The zero-order chi connectivity index (χ0) is 14.7. The summed E-state index contributed by atoms with van der Waals surface area (Å²) < 4.78 is 1.03. The van der Waals surface area contributed by atoms with Crippen LogP contribution in [0.5, 0.6) is 5.75 Å². The second-order valence-electron chi connectivity index (χ2n) is 5.62. The van der Waals surface area contributed by atoms with Gasteiger partial charge in [0.2, 0.25) is 0 Å². The molecule has 0 spiro atoms. The van der Waals surface area contributed by atoms with E-state index in [4.69, 9.17) is 0 Å². The molecule has 0 aliphatic carbocycles. The second-order valence-corrected chi connectivity index (χ2v) is 7.52. The molecule has 0 bridgehead atoms. The number of halogens is 1. The summed E-state index contributed by atoms with van der Waals surface area (Å²) in [7, 11) is 0. The van der Waals surface area contributed by atoms with Gasteiger partial charge in [0.1, 0.15) is 5.75 Å². The van der Waals surface area contributed by atoms with Crippen LogP contribution < -0.4 is 0 Å². The molecule has 1 aromatic heterocycles. The maximum absolute atomic E-state index is 10.1. The van der Waals surface area contributed by atoms with Crippen LogP contribution >= 0.6 is 27.3 Å². The Hall–Kier alpha value is -0.840. The molecule has 2 nitrogen and oxygen atoms in total. The summed E-state index contributed by atoms with van der Waals surface area (Å²) in [5, 5.41) is 12.3. The second kappa shape index (κ2) is 6.95. The number of nitrogens with zero attached hydrogens (tertiary/aromatic N) is 1. The van der Waals surface area contributed by atoms with E-state index >= 15 is 0 Å². The summed E-state index contributed by atoms with van der Waals surface area (Å²) in [6.45, 7) is 1.92. The van der Waals surface area contributed by atoms with Crippen LogP contribution in [0.1, 0.15) is 42.2 Å². The van der Waals surface area contributed by atoms with Crippen molar-refractivity contribution in [2.75, 3.05) is 6.54 Å². The van der Waals surface area contributed by atoms with Crippen LogP contribution in [0.3, 0.4) is 0 Å². The van der Waals surface area contributed by atoms with Crippen molar-refractivity contribution in [3.63, 3.8) is 0 Å². The summed E-state index contributed by atoms with van der Waals surface area (Å²) in [4.78, 5) is 3.98. The summed E-state index contributed by atoms with van der Waals surface area (Å²) in [6, 6.07) is 10.6. The topological polar surface area (TPSA) is 23.5 Å². The number of hydrogen-bond donors (Lipinski definition) is 1. The van der Waals surface area contributed by atoms with Crippen molar-refractivity contribution in [1.29, 1.82) is 0 Å². The molecule has 1 N–H and O–H groups in total. The summed E-state index contributed by atoms with van der Waals surface area (Å²) >= 11 is 5.35. The fourth-order valence-corrected chi connectivity index (χ4v) is 4.36. The Labute approximate surface area is 138 Å². The first-order chi connectivity index (χ1) is 10.2. The Morgan fingerprint density at radius 1 is 1.24 bits per heavy atom. The van der Waals surface area contributed by atoms with Crippen LogP contribution in [0.15, 0.2) is 40.2 Å². The summed E-state index contributed by atoms with van der Waals surface area (Å²) in [6.07, 6.45) is 5.07. The highest BCUT2D eigenvalue weighted by molar-refractivity contribution is 9.10. The minimum Gasteiger partial charge on any atom is -0.508 e. The molecule has 1 saturated heterocycles. The molecule has 0 radical (unpaired) electrons. The van der Waals surface area contributed by atoms with Crippen LogP contribution in [0.2, 0.25) is 0 Å². The first-order valence-corrected chi connectivity index (χ1v) is 9.16. The zero-order valence-corrected chi connectivity index (χ0v) is 14.4. The van der Waals surface area contributed by atoms with Crippen molar-refractivity contribution in [2.45, 2.75) is 38.3 Å². The first kappa shape index (κ1) is 15.1. The molecule has 112 valence electrons. The molecule has 21 heavy (non-hydrogen) atoms. The number of aromatic hydroxyl groups is 1. The highest BCUT2D eigenvalue weighted by Gasteiger charge is 2.24. The van der Waals surface area contributed by atoms with Gasteiger partial charge in [0.25, 0.3) is 0 Å². The Balaban J connectivity index is 1.84. The molecule has 1 aliphatic rings. The van der Waals surface area contributed by atoms with E-state index < -0.39 is 0 Å². The van der Waals surface area contributed by atoms with Crippen molar-refractivity contribution >= 4 is 27.3 Å². The Morgan fingerprint density at radius 2 is 2.14 bits per heavy atom. The lowest BCUT2D eigenvalue weighted by Gasteiger charge is -2.29. The van der Waals surface area contributed by atoms with E-state index in [9.17, 15) is 5.11 Å². The largest absolute Gasteiger partial charge is 0.508 e. The Kier molecular flexibility index (Phi) is 4.99. The molecule has 3 rings (SSSR count). The lowest BCUT2D eigenvalue weighted by Crippen LogP contribution is -2.27. The van der Waals surface area contributed by atoms with Gasteiger partial charge in [-0.15, -0.1) is 11.3 Å². The third-order valence-corrected chi connectivity index (χ3v) is 5.62. The van der Waals surface area contributed by atoms with Gasteiger partial charge >= 0.3 is 0 Å². The van der Waals surface area contributed by atoms with Gasteiger partial charge in [0.05, 0.1) is 0 Å². The molecule has 0 amide bonds. The fraction of sp³-hybridized carbons (Fsp3) is 0.412. The maximum atomic E-state index is 10.1. The average molecular weight is 366 g/mol. The third-order valence-electron chi connectivity index (χ3n) is 4.15. The summed E-state index contributed by atoms with van der Waals surface area (Å²) in [5.41, 5.74) is 1.01. The van der Waals surface area contributed by atoms with Crippen molar-refractivity contribution < 1.29 is 5.11 Å². The summed E-state index contributed by atoms with van der Waals surface area (Å²) in [5.74, 6) is 0.396. The number of benzene rings is 1. The quantitative estimate of drug-likeness (QED) is 0.793. The molecule has 4 heteroatoms. The van der Waals surface area contributed by atoms with E-state index in [0.29, 0.717) is 11.8 Å². The average Bonchev–Trinajstić information content (AvgIpc) is 2.90. The predicted molar refractivity (Wildman–Crippen MR) is 91.7 cm³/mol. The van der Waals surface area contributed by atoms with Crippen molar-refractivity contribution in [1.82, 2.24) is 4.90 Å². The van der Waals surface area contributed by atoms with Gasteiger partial charge in [-0.2, -0.15) is 0 Å². The number of thiophene rings is 1. The van der Waals surface area contributed by atoms with Gasteiger partial charge in [-0.1, -0.05) is 34.8 Å². The molecule has 2 heterocycles. The standard InChI is InChI=1S/C17H20BrNOS/c18-14-7-8-16(20)13(11-14)12-19-9-3-1-2-5-15(19)17-6-4-10-21-17/h4,6-8,10-11,15,20H,1-3,5,9,12H2. The van der Waals surface area contributed by atoms with E-state index in [1.807, 2.05) is 23.5 Å². The van der Waals surface area contributed by atoms with Crippen molar-refractivity contribution in [2.24, 2.45) is 0 Å². The minimum atomic E-state index is 0.396. The Morgan fingerprint density at radius 3 is 2.95 bits per heavy atom. The van der Waals surface area contributed by atoms with Crippen LogP contribution in [-0.2, 0) is 6.54 Å². The van der Waals surface area contributed by atoms with E-state index in [1.165, 1.54) is 30.6 Å². The molecule has 1 atom stereocenters. The fourth-order valence-electron chi connectivity index (χ4n) is 3.06. The van der Waals surface area contributed by atoms with Gasteiger partial charge in [0.15, 0.2) is 0 Å². The predicted octanol–water partition coefficient (Wildman–Crippen LogP) is 5.33. The maximum Gasteiger partial charge on any atom is 0.120 e.